The van der Waals surface area contributed by atoms with Gasteiger partial charge in [0.25, 0.3) is 0 Å². The molecule has 9 nitrogen and oxygen atoms in total. The molecular formula is C26H43LiO9. The van der Waals surface area contributed by atoms with Crippen LogP contribution >= 0.6 is 0 Å². The molecule has 0 aliphatic carbocycles. The van der Waals surface area contributed by atoms with Crippen LogP contribution in [-0.2, 0) is 23.8 Å². The zero-order valence-corrected chi connectivity index (χ0v) is 22.3. The van der Waals surface area contributed by atoms with Crippen LogP contribution in [0, 0.1) is 11.8 Å². The molecule has 0 amide bonds. The Labute approximate surface area is 226 Å². The predicted octanol–water partition coefficient (Wildman–Crippen LogP) is -1.74. The molecule has 2 aliphatic heterocycles. The van der Waals surface area contributed by atoms with E-state index in [2.05, 4.69) is 0 Å². The number of carbonyl (C=O) groups is 2. The largest absolute Gasteiger partial charge is 1.00 e. The van der Waals surface area contributed by atoms with E-state index in [1.807, 2.05) is 6.92 Å². The van der Waals surface area contributed by atoms with Crippen LogP contribution in [0.1, 0.15) is 78.6 Å². The molecule has 2 saturated heterocycles. The van der Waals surface area contributed by atoms with E-state index >= 15 is 0 Å². The van der Waals surface area contributed by atoms with Crippen molar-refractivity contribution in [2.75, 3.05) is 13.2 Å². The first-order valence-corrected chi connectivity index (χ1v) is 12.9. The maximum Gasteiger partial charge on any atom is 1.00 e. The van der Waals surface area contributed by atoms with E-state index < -0.39 is 36.4 Å². The van der Waals surface area contributed by atoms with E-state index in [1.54, 1.807) is 13.8 Å². The SMILES string of the molecule is C/C(=C\C(=O)OCCCCCCCCC(=O)[O-])CC1OC[C@H](C[C@@H]2O[C@H]2[C@@H](C)[C@H](C)O)[C@@H](O)[C@H]1O.[Li+]. The third-order valence-electron chi connectivity index (χ3n) is 7.08. The van der Waals surface area contributed by atoms with Crippen molar-refractivity contribution in [2.45, 2.75) is 115 Å². The molecule has 0 saturated carbocycles. The van der Waals surface area contributed by atoms with Crippen molar-refractivity contribution >= 4 is 11.9 Å². The molecule has 1 unspecified atom stereocenters. The minimum Gasteiger partial charge on any atom is -0.550 e. The van der Waals surface area contributed by atoms with Crippen molar-refractivity contribution in [2.24, 2.45) is 11.8 Å². The van der Waals surface area contributed by atoms with Crippen LogP contribution in [-0.4, -0.2) is 77.1 Å². The molecule has 0 spiro atoms. The number of esters is 1. The Kier molecular flexibility index (Phi) is 15.5. The van der Waals surface area contributed by atoms with Crippen LogP contribution in [0.25, 0.3) is 0 Å². The number of carboxylic acids is 1. The quantitative estimate of drug-likeness (QED) is 0.0729. The molecule has 10 heteroatoms. The topological polar surface area (TPSA) is 149 Å². The maximum absolute atomic E-state index is 12.0. The molecule has 2 rings (SSSR count). The summed E-state index contributed by atoms with van der Waals surface area (Å²) in [6.45, 7) is 6.05. The summed E-state index contributed by atoms with van der Waals surface area (Å²) >= 11 is 0. The number of unbranched alkanes of at least 4 members (excludes halogenated alkanes) is 5. The Bertz CT molecular complexity index is 699. The third kappa shape index (κ3) is 11.6. The van der Waals surface area contributed by atoms with Crippen molar-refractivity contribution in [1.29, 1.82) is 0 Å². The molecule has 8 atom stereocenters. The minimum absolute atomic E-state index is 0. The van der Waals surface area contributed by atoms with E-state index in [9.17, 15) is 30.0 Å². The molecule has 0 aromatic heterocycles. The van der Waals surface area contributed by atoms with E-state index in [0.29, 0.717) is 38.0 Å². The average Bonchev–Trinajstić information content (AvgIpc) is 3.55. The Balaban J connectivity index is 0.00000648. The van der Waals surface area contributed by atoms with Gasteiger partial charge in [-0.2, -0.15) is 0 Å². The van der Waals surface area contributed by atoms with Crippen LogP contribution in [0.3, 0.4) is 0 Å². The average molecular weight is 507 g/mol. The fourth-order valence-electron chi connectivity index (χ4n) is 4.58. The van der Waals surface area contributed by atoms with E-state index in [-0.39, 0.29) is 49.3 Å². The minimum atomic E-state index is -1.06. The summed E-state index contributed by atoms with van der Waals surface area (Å²) in [5, 5.41) is 41.2. The number of aliphatic hydroxyl groups is 3. The summed E-state index contributed by atoms with van der Waals surface area (Å²) in [6.07, 6.45) is 4.29. The van der Waals surface area contributed by atoms with Gasteiger partial charge >= 0.3 is 24.8 Å². The molecule has 0 radical (unpaired) electrons. The smallest absolute Gasteiger partial charge is 0.550 e. The van der Waals surface area contributed by atoms with Gasteiger partial charge in [-0.05, 0) is 46.0 Å². The summed E-state index contributed by atoms with van der Waals surface area (Å²) in [4.78, 5) is 22.4. The number of epoxide rings is 1. The van der Waals surface area contributed by atoms with Crippen molar-refractivity contribution in [3.63, 3.8) is 0 Å². The molecule has 202 valence electrons. The first-order valence-electron chi connectivity index (χ1n) is 12.9. The van der Waals surface area contributed by atoms with Crippen LogP contribution in [0.4, 0.5) is 0 Å². The second kappa shape index (κ2) is 16.8. The van der Waals surface area contributed by atoms with E-state index in [4.69, 9.17) is 14.2 Å². The second-order valence-electron chi connectivity index (χ2n) is 10.2. The van der Waals surface area contributed by atoms with Crippen LogP contribution in [0.5, 0.6) is 0 Å². The van der Waals surface area contributed by atoms with Crippen molar-refractivity contribution in [3.8, 4) is 0 Å². The first-order chi connectivity index (χ1) is 16.6. The monoisotopic (exact) mass is 506 g/mol. The summed E-state index contributed by atoms with van der Waals surface area (Å²) in [6, 6.07) is 0. The Morgan fingerprint density at radius 1 is 1.06 bits per heavy atom. The first kappa shape index (κ1) is 33.1. The number of ether oxygens (including phenoxy) is 3. The number of hydrogen-bond acceptors (Lipinski definition) is 9. The number of aliphatic hydroxyl groups excluding tert-OH is 3. The zero-order chi connectivity index (χ0) is 26.0. The Morgan fingerprint density at radius 3 is 2.33 bits per heavy atom. The summed E-state index contributed by atoms with van der Waals surface area (Å²) in [5.41, 5.74) is 0.703. The molecule has 0 aromatic carbocycles. The van der Waals surface area contributed by atoms with Crippen LogP contribution < -0.4 is 24.0 Å². The van der Waals surface area contributed by atoms with Crippen molar-refractivity contribution in [1.82, 2.24) is 0 Å². The predicted molar refractivity (Wildman–Crippen MR) is 126 cm³/mol. The third-order valence-corrected chi connectivity index (χ3v) is 7.08. The number of rotatable bonds is 16. The molecule has 2 heterocycles. The number of carboxylic acid groups (broad SMARTS) is 1. The summed E-state index contributed by atoms with van der Waals surface area (Å²) < 4.78 is 16.7. The summed E-state index contributed by atoms with van der Waals surface area (Å²) in [5.74, 6) is -1.68. The maximum atomic E-state index is 12.0. The van der Waals surface area contributed by atoms with Gasteiger partial charge in [0.15, 0.2) is 0 Å². The molecular weight excluding hydrogens is 463 g/mol. The molecule has 0 bridgehead atoms. The standard InChI is InChI=1S/C26H44O9.Li/c1-16(13-23(30)33-11-9-7-5-4-6-8-10-22(28)29)12-20-25(32)24(31)19(15-34-20)14-21-26(35-21)17(2)18(3)27;/h13,17-21,24-27,31-32H,4-12,14-15H2,1-3H3,(H,28,29);/q;+1/p-1/b16-13+;/t17-,18-,19-,20?,21-,24+,25-,26-;/m0./s1. The Morgan fingerprint density at radius 2 is 1.69 bits per heavy atom. The van der Waals surface area contributed by atoms with Crippen molar-refractivity contribution in [3.05, 3.63) is 11.6 Å². The fraction of sp³-hybridized carbons (Fsp3) is 0.846. The van der Waals surface area contributed by atoms with Gasteiger partial charge in [0.2, 0.25) is 0 Å². The van der Waals surface area contributed by atoms with Gasteiger partial charge in [-0.25, -0.2) is 4.79 Å². The van der Waals surface area contributed by atoms with Crippen LogP contribution in [0.2, 0.25) is 0 Å². The van der Waals surface area contributed by atoms with Gasteiger partial charge in [-0.15, -0.1) is 0 Å². The van der Waals surface area contributed by atoms with Crippen molar-refractivity contribution < 1.29 is 63.1 Å². The van der Waals surface area contributed by atoms with Crippen LogP contribution in [0.15, 0.2) is 11.6 Å². The van der Waals surface area contributed by atoms with Gasteiger partial charge in [-0.3, -0.25) is 0 Å². The number of aliphatic carboxylic acids is 1. The molecule has 2 aliphatic rings. The molecule has 2 fully saturated rings. The van der Waals surface area contributed by atoms with E-state index in [0.717, 1.165) is 32.1 Å². The molecule has 36 heavy (non-hydrogen) atoms. The van der Waals surface area contributed by atoms with Gasteiger partial charge in [0.1, 0.15) is 6.10 Å². The van der Waals surface area contributed by atoms with Gasteiger partial charge in [0.05, 0.1) is 43.7 Å². The van der Waals surface area contributed by atoms with E-state index in [1.165, 1.54) is 6.08 Å². The zero-order valence-electron chi connectivity index (χ0n) is 22.3. The van der Waals surface area contributed by atoms with Gasteiger partial charge in [-0.1, -0.05) is 38.2 Å². The number of hydrogen-bond donors (Lipinski definition) is 3. The van der Waals surface area contributed by atoms with Gasteiger partial charge < -0.3 is 39.4 Å². The Hall–Kier alpha value is -0.923. The fourth-order valence-corrected chi connectivity index (χ4v) is 4.58. The normalized spacial score (nSPS) is 29.7. The second-order valence-corrected chi connectivity index (χ2v) is 10.2. The number of carbonyl (C=O) groups excluding carboxylic acids is 2. The molecule has 0 aromatic rings. The van der Waals surface area contributed by atoms with Gasteiger partial charge in [0, 0.05) is 23.9 Å². The summed E-state index contributed by atoms with van der Waals surface area (Å²) in [7, 11) is 0. The molecule has 3 N–H and O–H groups in total.